The molecule has 0 bridgehead atoms. The quantitative estimate of drug-likeness (QED) is 0.746. The molecule has 0 amide bonds. The Balaban J connectivity index is 1.88. The Kier molecular flexibility index (Phi) is 6.49. The molecule has 2 rings (SSSR count). The van der Waals surface area contributed by atoms with Crippen molar-refractivity contribution in [2.24, 2.45) is 0 Å². The number of hydrogen-bond donors (Lipinski definition) is 1. The zero-order chi connectivity index (χ0) is 14.4. The van der Waals surface area contributed by atoms with E-state index in [1.54, 1.807) is 7.11 Å². The molecule has 1 aliphatic carbocycles. The van der Waals surface area contributed by atoms with Gasteiger partial charge in [0.2, 0.25) is 0 Å². The number of benzene rings is 1. The molecule has 0 spiro atoms. The first-order valence-electron chi connectivity index (χ1n) is 7.40. The Bertz CT molecular complexity index is 409. The summed E-state index contributed by atoms with van der Waals surface area (Å²) < 4.78 is 6.37. The molecule has 1 atom stereocenters. The molecular formula is C16H25BrN2O. The molecule has 1 aromatic rings. The summed E-state index contributed by atoms with van der Waals surface area (Å²) in [6.45, 7) is 3.01. The normalized spacial score (nSPS) is 16.6. The van der Waals surface area contributed by atoms with Crippen molar-refractivity contribution in [3.8, 4) is 0 Å². The summed E-state index contributed by atoms with van der Waals surface area (Å²) in [7, 11) is 3.82. The van der Waals surface area contributed by atoms with Crippen LogP contribution in [0.1, 0.15) is 30.9 Å². The molecule has 0 saturated heterocycles. The van der Waals surface area contributed by atoms with Gasteiger partial charge in [0.1, 0.15) is 0 Å². The second-order valence-electron chi connectivity index (χ2n) is 5.44. The van der Waals surface area contributed by atoms with Crippen molar-refractivity contribution in [2.45, 2.75) is 31.3 Å². The first kappa shape index (κ1) is 16.0. The molecule has 1 saturated carbocycles. The van der Waals surface area contributed by atoms with Gasteiger partial charge in [-0.1, -0.05) is 28.1 Å². The number of halogens is 1. The molecule has 112 valence electrons. The average Bonchev–Trinajstić information content (AvgIpc) is 3.27. The van der Waals surface area contributed by atoms with Gasteiger partial charge in [0.15, 0.2) is 0 Å². The molecule has 0 radical (unpaired) electrons. The largest absolute Gasteiger partial charge is 0.383 e. The van der Waals surface area contributed by atoms with Crippen molar-refractivity contribution in [3.63, 3.8) is 0 Å². The maximum atomic E-state index is 5.22. The molecule has 0 aliphatic heterocycles. The number of rotatable bonds is 9. The van der Waals surface area contributed by atoms with Gasteiger partial charge in [0.25, 0.3) is 0 Å². The van der Waals surface area contributed by atoms with Crippen LogP contribution in [0.5, 0.6) is 0 Å². The highest BCUT2D eigenvalue weighted by atomic mass is 79.9. The highest BCUT2D eigenvalue weighted by molar-refractivity contribution is 9.10. The predicted molar refractivity (Wildman–Crippen MR) is 87.0 cm³/mol. The van der Waals surface area contributed by atoms with Crippen LogP contribution in [0.25, 0.3) is 0 Å². The molecule has 3 nitrogen and oxygen atoms in total. The van der Waals surface area contributed by atoms with Crippen molar-refractivity contribution >= 4 is 15.9 Å². The number of nitrogens with one attached hydrogen (secondary N) is 1. The fourth-order valence-corrected chi connectivity index (χ4v) is 3.04. The maximum Gasteiger partial charge on any atom is 0.0589 e. The third-order valence-electron chi connectivity index (χ3n) is 3.95. The summed E-state index contributed by atoms with van der Waals surface area (Å²) in [6, 6.07) is 9.79. The van der Waals surface area contributed by atoms with E-state index in [9.17, 15) is 0 Å². The van der Waals surface area contributed by atoms with Gasteiger partial charge in [-0.15, -0.1) is 0 Å². The van der Waals surface area contributed by atoms with Crippen molar-refractivity contribution < 1.29 is 4.74 Å². The van der Waals surface area contributed by atoms with E-state index in [4.69, 9.17) is 4.74 Å². The molecule has 1 fully saturated rings. The fraction of sp³-hybridized carbons (Fsp3) is 0.625. The molecule has 1 aliphatic rings. The fourth-order valence-electron chi connectivity index (χ4n) is 2.62. The first-order valence-corrected chi connectivity index (χ1v) is 8.19. The highest BCUT2D eigenvalue weighted by Gasteiger charge is 2.28. The minimum Gasteiger partial charge on any atom is -0.383 e. The Labute approximate surface area is 130 Å². The topological polar surface area (TPSA) is 24.5 Å². The van der Waals surface area contributed by atoms with Gasteiger partial charge in [0, 0.05) is 36.8 Å². The van der Waals surface area contributed by atoms with Crippen molar-refractivity contribution in [2.75, 3.05) is 33.9 Å². The lowest BCUT2D eigenvalue weighted by atomic mass is 10.0. The van der Waals surface area contributed by atoms with E-state index in [0.717, 1.165) is 36.6 Å². The maximum absolute atomic E-state index is 5.22. The minimum absolute atomic E-state index is 0.413. The summed E-state index contributed by atoms with van der Waals surface area (Å²) >= 11 is 3.55. The van der Waals surface area contributed by atoms with Crippen LogP contribution in [-0.2, 0) is 4.74 Å². The lowest BCUT2D eigenvalue weighted by molar-refractivity contribution is 0.140. The smallest absolute Gasteiger partial charge is 0.0589 e. The van der Waals surface area contributed by atoms with Gasteiger partial charge in [-0.05, 0) is 44.0 Å². The molecular weight excluding hydrogens is 316 g/mol. The number of ether oxygens (including phenoxy) is 1. The van der Waals surface area contributed by atoms with Gasteiger partial charge in [-0.25, -0.2) is 0 Å². The summed E-state index contributed by atoms with van der Waals surface area (Å²) in [5.74, 6) is 0. The van der Waals surface area contributed by atoms with E-state index in [1.165, 1.54) is 18.4 Å². The van der Waals surface area contributed by atoms with E-state index in [2.05, 4.69) is 50.4 Å². The van der Waals surface area contributed by atoms with Crippen LogP contribution in [0.2, 0.25) is 0 Å². The highest BCUT2D eigenvalue weighted by Crippen LogP contribution is 2.28. The number of methoxy groups -OCH3 is 1. The monoisotopic (exact) mass is 340 g/mol. The molecule has 0 aromatic heterocycles. The number of nitrogens with zero attached hydrogens (tertiary/aromatic N) is 1. The summed E-state index contributed by atoms with van der Waals surface area (Å²) in [4.78, 5) is 2.58. The molecule has 1 aromatic carbocycles. The molecule has 0 heterocycles. The summed E-state index contributed by atoms with van der Waals surface area (Å²) in [5.41, 5.74) is 1.35. The van der Waals surface area contributed by atoms with Crippen LogP contribution in [0.3, 0.4) is 0 Å². The van der Waals surface area contributed by atoms with E-state index in [0.29, 0.717) is 6.04 Å². The summed E-state index contributed by atoms with van der Waals surface area (Å²) in [5, 5.41) is 3.44. The second kappa shape index (κ2) is 8.13. The van der Waals surface area contributed by atoms with E-state index in [-0.39, 0.29) is 0 Å². The predicted octanol–water partition coefficient (Wildman–Crippen LogP) is 3.21. The van der Waals surface area contributed by atoms with Crippen molar-refractivity contribution in [3.05, 3.63) is 34.3 Å². The standard InChI is InChI=1S/C16H25BrN2O/c1-18-16(13-4-3-5-14(17)12-13)8-9-19(10-11-20-2)15-6-7-15/h3-5,12,15-16,18H,6-11H2,1-2H3. The zero-order valence-corrected chi connectivity index (χ0v) is 14.0. The van der Waals surface area contributed by atoms with Crippen LogP contribution in [0, 0.1) is 0 Å². The molecule has 1 unspecified atom stereocenters. The second-order valence-corrected chi connectivity index (χ2v) is 6.36. The van der Waals surface area contributed by atoms with Crippen LogP contribution >= 0.6 is 15.9 Å². The van der Waals surface area contributed by atoms with Crippen LogP contribution in [0.15, 0.2) is 28.7 Å². The van der Waals surface area contributed by atoms with E-state index < -0.39 is 0 Å². The lowest BCUT2D eigenvalue weighted by Crippen LogP contribution is -2.33. The Morgan fingerprint density at radius 1 is 1.40 bits per heavy atom. The van der Waals surface area contributed by atoms with E-state index >= 15 is 0 Å². The lowest BCUT2D eigenvalue weighted by Gasteiger charge is -2.25. The molecule has 20 heavy (non-hydrogen) atoms. The van der Waals surface area contributed by atoms with Crippen LogP contribution < -0.4 is 5.32 Å². The third kappa shape index (κ3) is 4.85. The molecule has 4 heteroatoms. The van der Waals surface area contributed by atoms with Gasteiger partial charge in [-0.2, -0.15) is 0 Å². The Hall–Kier alpha value is -0.420. The zero-order valence-electron chi connectivity index (χ0n) is 12.4. The third-order valence-corrected chi connectivity index (χ3v) is 4.44. The van der Waals surface area contributed by atoms with Gasteiger partial charge >= 0.3 is 0 Å². The average molecular weight is 341 g/mol. The molecule has 1 N–H and O–H groups in total. The summed E-state index contributed by atoms with van der Waals surface area (Å²) in [6.07, 6.45) is 3.84. The van der Waals surface area contributed by atoms with Crippen LogP contribution in [0.4, 0.5) is 0 Å². The number of hydrogen-bond acceptors (Lipinski definition) is 3. The van der Waals surface area contributed by atoms with Gasteiger partial charge in [-0.3, -0.25) is 4.90 Å². The first-order chi connectivity index (χ1) is 9.74. The van der Waals surface area contributed by atoms with Gasteiger partial charge < -0.3 is 10.1 Å². The minimum atomic E-state index is 0.413. The van der Waals surface area contributed by atoms with Crippen molar-refractivity contribution in [1.29, 1.82) is 0 Å². The Morgan fingerprint density at radius 3 is 2.80 bits per heavy atom. The van der Waals surface area contributed by atoms with E-state index in [1.807, 2.05) is 7.05 Å². The SMILES string of the molecule is CNC(CCN(CCOC)C1CC1)c1cccc(Br)c1. The Morgan fingerprint density at radius 2 is 2.20 bits per heavy atom. The van der Waals surface area contributed by atoms with Crippen molar-refractivity contribution in [1.82, 2.24) is 10.2 Å². The van der Waals surface area contributed by atoms with Crippen LogP contribution in [-0.4, -0.2) is 44.8 Å². The van der Waals surface area contributed by atoms with Gasteiger partial charge in [0.05, 0.1) is 6.61 Å².